The first-order valence-corrected chi connectivity index (χ1v) is 16.2. The maximum Gasteiger partial charge on any atom is 0.137 e. The summed E-state index contributed by atoms with van der Waals surface area (Å²) < 4.78 is 2.15. The molecule has 0 bridgehead atoms. The van der Waals surface area contributed by atoms with E-state index in [4.69, 9.17) is 9.97 Å². The van der Waals surface area contributed by atoms with Crippen LogP contribution in [0.3, 0.4) is 0 Å². The highest BCUT2D eigenvalue weighted by molar-refractivity contribution is 6.09. The largest absolute Gasteiger partial charge is 0.311 e. The first-order valence-electron chi connectivity index (χ1n) is 16.2. The highest BCUT2D eigenvalue weighted by atomic mass is 15.1. The molecule has 0 aliphatic rings. The molecule has 0 saturated carbocycles. The Bertz CT molecular complexity index is 2440. The third-order valence-electron chi connectivity index (χ3n) is 9.01. The number of hydrogen-bond donors (Lipinski definition) is 0. The zero-order chi connectivity index (χ0) is 31.9. The molecule has 4 nitrogen and oxygen atoms in total. The van der Waals surface area contributed by atoms with E-state index in [2.05, 4.69) is 167 Å². The number of benzene rings is 6. The van der Waals surface area contributed by atoms with Gasteiger partial charge in [0.25, 0.3) is 0 Å². The van der Waals surface area contributed by atoms with Crippen molar-refractivity contribution >= 4 is 44.6 Å². The van der Waals surface area contributed by atoms with Gasteiger partial charge in [0.1, 0.15) is 11.2 Å². The number of para-hydroxylation sites is 1. The Kier molecular flexibility index (Phi) is 6.76. The van der Waals surface area contributed by atoms with Gasteiger partial charge >= 0.3 is 0 Å². The van der Waals surface area contributed by atoms with Crippen molar-refractivity contribution in [3.05, 3.63) is 182 Å². The topological polar surface area (TPSA) is 33.4 Å². The maximum absolute atomic E-state index is 5.19. The van der Waals surface area contributed by atoms with Gasteiger partial charge in [-0.3, -0.25) is 4.40 Å². The van der Waals surface area contributed by atoms with Crippen LogP contribution in [0.25, 0.3) is 61.1 Å². The molecule has 226 valence electrons. The fraction of sp³-hybridized carbons (Fsp3) is 0. The minimum absolute atomic E-state index is 0.910. The summed E-state index contributed by atoms with van der Waals surface area (Å²) in [5, 5.41) is 1.06. The second-order valence-electron chi connectivity index (χ2n) is 11.9. The van der Waals surface area contributed by atoms with Crippen LogP contribution in [0, 0.1) is 0 Å². The SMILES string of the molecule is c1ccc(-c2ccc(N(c3ccc(-c4ccccc4)cc3)c3ccc(-c4nc5ccccc5c5nc6ccccn6c45)cc3)cc2)cc1. The molecule has 9 rings (SSSR count). The van der Waals surface area contributed by atoms with Gasteiger partial charge in [-0.1, -0.05) is 121 Å². The van der Waals surface area contributed by atoms with Gasteiger partial charge in [0.05, 0.1) is 16.7 Å². The molecule has 0 spiro atoms. The van der Waals surface area contributed by atoms with Crippen molar-refractivity contribution < 1.29 is 0 Å². The van der Waals surface area contributed by atoms with Crippen LogP contribution in [0.4, 0.5) is 17.1 Å². The molecule has 0 aliphatic carbocycles. The van der Waals surface area contributed by atoms with Crippen LogP contribution in [0.15, 0.2) is 182 Å². The quantitative estimate of drug-likeness (QED) is 0.187. The predicted octanol–water partition coefficient (Wildman–Crippen LogP) is 11.5. The highest BCUT2D eigenvalue weighted by Gasteiger charge is 2.18. The molecule has 0 fully saturated rings. The molecular formula is C44H30N4. The van der Waals surface area contributed by atoms with E-state index >= 15 is 0 Å². The number of nitrogens with zero attached hydrogens (tertiary/aromatic N) is 4. The Morgan fingerprint density at radius 1 is 0.396 bits per heavy atom. The van der Waals surface area contributed by atoms with Crippen LogP contribution in [-0.4, -0.2) is 14.4 Å². The van der Waals surface area contributed by atoms with Crippen LogP contribution < -0.4 is 4.90 Å². The molecule has 0 radical (unpaired) electrons. The fourth-order valence-corrected chi connectivity index (χ4v) is 6.64. The number of hydrogen-bond acceptors (Lipinski definition) is 3. The number of anilines is 3. The summed E-state index contributed by atoms with van der Waals surface area (Å²) >= 11 is 0. The smallest absolute Gasteiger partial charge is 0.137 e. The molecule has 48 heavy (non-hydrogen) atoms. The van der Waals surface area contributed by atoms with Gasteiger partial charge < -0.3 is 4.90 Å². The molecular weight excluding hydrogens is 585 g/mol. The summed E-state index contributed by atoms with van der Waals surface area (Å²) in [6.07, 6.45) is 2.07. The van der Waals surface area contributed by atoms with Gasteiger partial charge in [0, 0.05) is 34.2 Å². The van der Waals surface area contributed by atoms with Crippen LogP contribution >= 0.6 is 0 Å². The second kappa shape index (κ2) is 11.7. The summed E-state index contributed by atoms with van der Waals surface area (Å²) in [5.74, 6) is 0. The molecule has 0 unspecified atom stereocenters. The zero-order valence-electron chi connectivity index (χ0n) is 26.1. The van der Waals surface area contributed by atoms with Gasteiger partial charge in [-0.25, -0.2) is 9.97 Å². The van der Waals surface area contributed by atoms with Gasteiger partial charge in [0.15, 0.2) is 0 Å². The van der Waals surface area contributed by atoms with Crippen molar-refractivity contribution in [2.75, 3.05) is 4.90 Å². The average molecular weight is 615 g/mol. The Hall–Kier alpha value is -6.52. The lowest BCUT2D eigenvalue weighted by atomic mass is 10.0. The zero-order valence-corrected chi connectivity index (χ0v) is 26.1. The summed E-state index contributed by atoms with van der Waals surface area (Å²) in [6, 6.07) is 61.7. The molecule has 0 saturated heterocycles. The van der Waals surface area contributed by atoms with Crippen LogP contribution in [0.2, 0.25) is 0 Å². The minimum Gasteiger partial charge on any atom is -0.311 e. The summed E-state index contributed by atoms with van der Waals surface area (Å²) in [6.45, 7) is 0. The number of aromatic nitrogens is 3. The van der Waals surface area contributed by atoms with Crippen molar-refractivity contribution in [2.45, 2.75) is 0 Å². The molecule has 6 aromatic carbocycles. The average Bonchev–Trinajstić information content (AvgIpc) is 3.56. The van der Waals surface area contributed by atoms with E-state index in [0.29, 0.717) is 0 Å². The van der Waals surface area contributed by atoms with Gasteiger partial charge in [-0.05, 0) is 76.9 Å². The van der Waals surface area contributed by atoms with E-state index in [1.807, 2.05) is 24.3 Å². The summed E-state index contributed by atoms with van der Waals surface area (Å²) in [7, 11) is 0. The Morgan fingerprint density at radius 2 is 0.875 bits per heavy atom. The van der Waals surface area contributed by atoms with Crippen LogP contribution in [0.1, 0.15) is 0 Å². The van der Waals surface area contributed by atoms with Crippen molar-refractivity contribution in [2.24, 2.45) is 0 Å². The Morgan fingerprint density at radius 3 is 1.46 bits per heavy atom. The van der Waals surface area contributed by atoms with E-state index in [1.54, 1.807) is 0 Å². The minimum atomic E-state index is 0.910. The number of pyridine rings is 2. The second-order valence-corrected chi connectivity index (χ2v) is 11.9. The molecule has 0 aliphatic heterocycles. The third kappa shape index (κ3) is 4.88. The van der Waals surface area contributed by atoms with Gasteiger partial charge in [-0.2, -0.15) is 0 Å². The van der Waals surface area contributed by atoms with Crippen LogP contribution in [-0.2, 0) is 0 Å². The van der Waals surface area contributed by atoms with Crippen LogP contribution in [0.5, 0.6) is 0 Å². The molecule has 0 atom stereocenters. The molecule has 4 heteroatoms. The van der Waals surface area contributed by atoms with Crippen molar-refractivity contribution in [3.63, 3.8) is 0 Å². The lowest BCUT2D eigenvalue weighted by Gasteiger charge is -2.26. The van der Waals surface area contributed by atoms with Crippen molar-refractivity contribution in [1.82, 2.24) is 14.4 Å². The van der Waals surface area contributed by atoms with Crippen molar-refractivity contribution in [3.8, 4) is 33.5 Å². The molecule has 0 amide bonds. The van der Waals surface area contributed by atoms with E-state index in [-0.39, 0.29) is 0 Å². The van der Waals surface area contributed by atoms with E-state index in [9.17, 15) is 0 Å². The predicted molar refractivity (Wildman–Crippen MR) is 199 cm³/mol. The first-order chi connectivity index (χ1) is 23.8. The fourth-order valence-electron chi connectivity index (χ4n) is 6.64. The number of fused-ring (bicyclic) bond motifs is 5. The molecule has 3 aromatic heterocycles. The summed E-state index contributed by atoms with van der Waals surface area (Å²) in [5.41, 5.74) is 13.8. The molecule has 3 heterocycles. The molecule has 9 aromatic rings. The number of rotatable bonds is 6. The van der Waals surface area contributed by atoms with Gasteiger partial charge in [0.2, 0.25) is 0 Å². The first kappa shape index (κ1) is 27.8. The lowest BCUT2D eigenvalue weighted by molar-refractivity contribution is 1.22. The number of imidazole rings is 1. The standard InChI is InChI=1S/C44H30N4/c1-3-11-31(12-4-1)33-18-24-36(25-19-33)48(37-26-20-34(21-27-37)32-13-5-2-6-14-32)38-28-22-35(23-29-38)42-44-43(39-15-7-8-16-40(39)45-42)46-41-17-9-10-30-47(41)44/h1-30H. The molecule has 0 N–H and O–H groups in total. The summed E-state index contributed by atoms with van der Waals surface area (Å²) in [4.78, 5) is 12.5. The van der Waals surface area contributed by atoms with Crippen molar-refractivity contribution in [1.29, 1.82) is 0 Å². The van der Waals surface area contributed by atoms with E-state index < -0.39 is 0 Å². The maximum atomic E-state index is 5.19. The highest BCUT2D eigenvalue weighted by Crippen LogP contribution is 2.39. The van der Waals surface area contributed by atoms with E-state index in [1.165, 1.54) is 22.3 Å². The third-order valence-corrected chi connectivity index (χ3v) is 9.01. The Labute approximate surface area is 278 Å². The normalized spacial score (nSPS) is 11.3. The van der Waals surface area contributed by atoms with E-state index in [0.717, 1.165) is 55.9 Å². The Balaban J connectivity index is 1.16. The lowest BCUT2D eigenvalue weighted by Crippen LogP contribution is -2.09. The monoisotopic (exact) mass is 614 g/mol. The van der Waals surface area contributed by atoms with Gasteiger partial charge in [-0.15, -0.1) is 0 Å².